The lowest BCUT2D eigenvalue weighted by atomic mass is 9.99. The number of rotatable bonds is 12. The fourth-order valence-corrected chi connectivity index (χ4v) is 5.68. The van der Waals surface area contributed by atoms with Crippen LogP contribution >= 0.6 is 0 Å². The van der Waals surface area contributed by atoms with E-state index in [9.17, 15) is 18.8 Å². The summed E-state index contributed by atoms with van der Waals surface area (Å²) in [5.41, 5.74) is 4.59. The fourth-order valence-electron chi connectivity index (χ4n) is 5.68. The molecule has 0 aliphatic rings. The molecule has 0 unspecified atom stereocenters. The molecule has 0 fully saturated rings. The minimum absolute atomic E-state index is 0.0594. The van der Waals surface area contributed by atoms with Crippen LogP contribution in [-0.4, -0.2) is 35.4 Å². The lowest BCUT2D eigenvalue weighted by Crippen LogP contribution is -2.41. The molecule has 1 heterocycles. The molecule has 1 atom stereocenters. The molecule has 1 aromatic heterocycles. The Kier molecular flexibility index (Phi) is 10.8. The van der Waals surface area contributed by atoms with E-state index >= 15 is 0 Å². The smallest absolute Gasteiger partial charge is 0.257 e. The number of hydrogen-bond donors (Lipinski definition) is 3. The summed E-state index contributed by atoms with van der Waals surface area (Å²) in [7, 11) is 0. The Morgan fingerprint density at radius 1 is 0.765 bits per heavy atom. The standard InChI is InChI=1S/C42H37FN4O4/c1-27(2)51-34-20-14-29(15-21-34)35-10-6-7-11-36(35)41(49)46-38-23-17-31-26-32(16-22-37(31)45-38)40(48)47-39(30-8-4-3-5-9-30)42(50)44-25-24-28-12-18-33(43)19-13-28/h3-23,26-27,39H,24-25H2,1-2H3,(H,44,50)(H,47,48)(H,45,46,49)/t39-/m0/s1. The van der Waals surface area contributed by atoms with Gasteiger partial charge in [0.2, 0.25) is 5.91 Å². The van der Waals surface area contributed by atoms with Crippen LogP contribution in [-0.2, 0) is 11.2 Å². The molecule has 6 rings (SSSR count). The summed E-state index contributed by atoms with van der Waals surface area (Å²) in [6.07, 6.45) is 0.570. The second-order valence-electron chi connectivity index (χ2n) is 12.3. The number of amides is 3. The largest absolute Gasteiger partial charge is 0.491 e. The van der Waals surface area contributed by atoms with Gasteiger partial charge in [0.15, 0.2) is 0 Å². The summed E-state index contributed by atoms with van der Waals surface area (Å²) < 4.78 is 19.0. The Hall–Kier alpha value is -6.35. The van der Waals surface area contributed by atoms with Gasteiger partial charge in [-0.1, -0.05) is 72.8 Å². The number of aromatic nitrogens is 1. The Bertz CT molecular complexity index is 2150. The summed E-state index contributed by atoms with van der Waals surface area (Å²) in [6, 6.07) is 37.7. The Balaban J connectivity index is 1.14. The van der Waals surface area contributed by atoms with Crippen molar-refractivity contribution in [3.63, 3.8) is 0 Å². The molecule has 9 heteroatoms. The van der Waals surface area contributed by atoms with E-state index in [2.05, 4.69) is 20.9 Å². The van der Waals surface area contributed by atoms with E-state index in [1.807, 2.05) is 62.4 Å². The van der Waals surface area contributed by atoms with E-state index in [0.29, 0.717) is 46.4 Å². The number of benzene rings is 5. The van der Waals surface area contributed by atoms with Crippen molar-refractivity contribution in [1.82, 2.24) is 15.6 Å². The molecule has 51 heavy (non-hydrogen) atoms. The zero-order chi connectivity index (χ0) is 35.7. The predicted octanol–water partition coefficient (Wildman–Crippen LogP) is 7.91. The number of nitrogens with one attached hydrogen (secondary N) is 3. The monoisotopic (exact) mass is 680 g/mol. The fraction of sp³-hybridized carbons (Fsp3) is 0.143. The molecule has 3 N–H and O–H groups in total. The van der Waals surface area contributed by atoms with E-state index in [-0.39, 0.29) is 23.7 Å². The molecular weight excluding hydrogens is 643 g/mol. The third-order valence-corrected chi connectivity index (χ3v) is 8.20. The maximum absolute atomic E-state index is 13.5. The highest BCUT2D eigenvalue weighted by molar-refractivity contribution is 6.09. The normalized spacial score (nSPS) is 11.5. The van der Waals surface area contributed by atoms with Gasteiger partial charge in [-0.05, 0) is 103 Å². The number of pyridine rings is 1. The Morgan fingerprint density at radius 2 is 1.49 bits per heavy atom. The van der Waals surface area contributed by atoms with Crippen LogP contribution in [0.25, 0.3) is 22.0 Å². The lowest BCUT2D eigenvalue weighted by molar-refractivity contribution is -0.123. The van der Waals surface area contributed by atoms with Gasteiger partial charge < -0.3 is 20.7 Å². The number of fused-ring (bicyclic) bond motifs is 1. The van der Waals surface area contributed by atoms with Crippen LogP contribution in [0.2, 0.25) is 0 Å². The zero-order valence-corrected chi connectivity index (χ0v) is 28.2. The van der Waals surface area contributed by atoms with Crippen molar-refractivity contribution in [3.8, 4) is 16.9 Å². The van der Waals surface area contributed by atoms with E-state index in [0.717, 1.165) is 22.4 Å². The van der Waals surface area contributed by atoms with Gasteiger partial charge in [-0.25, -0.2) is 9.37 Å². The van der Waals surface area contributed by atoms with Crippen LogP contribution in [0.3, 0.4) is 0 Å². The topological polar surface area (TPSA) is 109 Å². The van der Waals surface area contributed by atoms with Crippen molar-refractivity contribution in [2.24, 2.45) is 0 Å². The molecule has 8 nitrogen and oxygen atoms in total. The van der Waals surface area contributed by atoms with Crippen LogP contribution in [0.4, 0.5) is 10.2 Å². The molecular formula is C42H37FN4O4. The molecule has 0 saturated heterocycles. The van der Waals surface area contributed by atoms with Gasteiger partial charge >= 0.3 is 0 Å². The first-order chi connectivity index (χ1) is 24.7. The average Bonchev–Trinajstić information content (AvgIpc) is 3.14. The van der Waals surface area contributed by atoms with Crippen molar-refractivity contribution in [2.45, 2.75) is 32.4 Å². The molecule has 6 aromatic rings. The lowest BCUT2D eigenvalue weighted by Gasteiger charge is -2.19. The van der Waals surface area contributed by atoms with Crippen molar-refractivity contribution >= 4 is 34.4 Å². The highest BCUT2D eigenvalue weighted by Crippen LogP contribution is 2.27. The van der Waals surface area contributed by atoms with Crippen LogP contribution < -0.4 is 20.7 Å². The number of carbonyl (C=O) groups excluding carboxylic acids is 3. The van der Waals surface area contributed by atoms with E-state index in [1.165, 1.54) is 12.1 Å². The minimum Gasteiger partial charge on any atom is -0.491 e. The first kappa shape index (κ1) is 34.5. The quantitative estimate of drug-likeness (QED) is 0.122. The SMILES string of the molecule is CC(C)Oc1ccc(-c2ccccc2C(=O)Nc2ccc3cc(C(=O)N[C@H](C(=O)NCCc4ccc(F)cc4)c4ccccc4)ccc3n2)cc1. The van der Waals surface area contributed by atoms with Crippen LogP contribution in [0, 0.1) is 5.82 Å². The van der Waals surface area contributed by atoms with Gasteiger partial charge in [-0.3, -0.25) is 14.4 Å². The second kappa shape index (κ2) is 15.9. The van der Waals surface area contributed by atoms with Crippen LogP contribution in [0.1, 0.15) is 51.7 Å². The zero-order valence-electron chi connectivity index (χ0n) is 28.2. The summed E-state index contributed by atoms with van der Waals surface area (Å²) in [5, 5.41) is 9.35. The van der Waals surface area contributed by atoms with Crippen molar-refractivity contribution < 1.29 is 23.5 Å². The maximum Gasteiger partial charge on any atom is 0.257 e. The second-order valence-corrected chi connectivity index (χ2v) is 12.3. The van der Waals surface area contributed by atoms with Crippen LogP contribution in [0.15, 0.2) is 133 Å². The Morgan fingerprint density at radius 3 is 2.24 bits per heavy atom. The first-order valence-corrected chi connectivity index (χ1v) is 16.7. The maximum atomic E-state index is 13.5. The molecule has 5 aromatic carbocycles. The molecule has 0 radical (unpaired) electrons. The third kappa shape index (κ3) is 8.82. The van der Waals surface area contributed by atoms with Crippen molar-refractivity contribution in [3.05, 3.63) is 162 Å². The average molecular weight is 681 g/mol. The van der Waals surface area contributed by atoms with Gasteiger partial charge in [0.25, 0.3) is 11.8 Å². The van der Waals surface area contributed by atoms with E-state index in [4.69, 9.17) is 4.74 Å². The summed E-state index contributed by atoms with van der Waals surface area (Å²) in [5.74, 6) is -0.302. The molecule has 0 aliphatic heterocycles. The molecule has 256 valence electrons. The number of nitrogens with zero attached hydrogens (tertiary/aromatic N) is 1. The third-order valence-electron chi connectivity index (χ3n) is 8.20. The highest BCUT2D eigenvalue weighted by atomic mass is 19.1. The number of ether oxygens (including phenoxy) is 1. The summed E-state index contributed by atoms with van der Waals surface area (Å²) in [4.78, 5) is 44.9. The number of anilines is 1. The highest BCUT2D eigenvalue weighted by Gasteiger charge is 2.23. The molecule has 0 bridgehead atoms. The Labute approximate surface area is 295 Å². The van der Waals surface area contributed by atoms with Gasteiger partial charge in [0.1, 0.15) is 23.4 Å². The van der Waals surface area contributed by atoms with E-state index < -0.39 is 11.9 Å². The van der Waals surface area contributed by atoms with Gasteiger partial charge in [0.05, 0.1) is 11.6 Å². The molecule has 0 spiro atoms. The number of halogens is 1. The minimum atomic E-state index is -0.937. The van der Waals surface area contributed by atoms with Gasteiger partial charge in [-0.2, -0.15) is 0 Å². The van der Waals surface area contributed by atoms with E-state index in [1.54, 1.807) is 72.8 Å². The molecule has 0 aliphatic carbocycles. The summed E-state index contributed by atoms with van der Waals surface area (Å²) >= 11 is 0. The van der Waals surface area contributed by atoms with Crippen molar-refractivity contribution in [1.29, 1.82) is 0 Å². The number of carbonyl (C=O) groups is 3. The summed E-state index contributed by atoms with van der Waals surface area (Å²) in [6.45, 7) is 4.25. The van der Waals surface area contributed by atoms with Crippen molar-refractivity contribution in [2.75, 3.05) is 11.9 Å². The first-order valence-electron chi connectivity index (χ1n) is 16.7. The van der Waals surface area contributed by atoms with Gasteiger partial charge in [0, 0.05) is 23.1 Å². The van der Waals surface area contributed by atoms with Crippen LogP contribution in [0.5, 0.6) is 5.75 Å². The predicted molar refractivity (Wildman–Crippen MR) is 197 cm³/mol. The molecule has 3 amide bonds. The van der Waals surface area contributed by atoms with Gasteiger partial charge in [-0.15, -0.1) is 0 Å². The number of hydrogen-bond acceptors (Lipinski definition) is 5. The molecule has 0 saturated carbocycles.